The van der Waals surface area contributed by atoms with Crippen LogP contribution in [0.1, 0.15) is 5.56 Å². The summed E-state index contributed by atoms with van der Waals surface area (Å²) in [6.45, 7) is 0.731. The number of hydrogen-bond acceptors (Lipinski definition) is 7. The molecule has 8 nitrogen and oxygen atoms in total. The number of hydrogen-bond donors (Lipinski definition) is 2. The van der Waals surface area contributed by atoms with Crippen LogP contribution in [0.4, 0.5) is 5.69 Å². The highest BCUT2D eigenvalue weighted by Gasteiger charge is 2.18. The number of benzene rings is 2. The molecule has 2 aromatic carbocycles. The van der Waals surface area contributed by atoms with Crippen molar-refractivity contribution in [2.45, 2.75) is 11.1 Å². The fourth-order valence-electron chi connectivity index (χ4n) is 2.45. The van der Waals surface area contributed by atoms with E-state index in [4.69, 9.17) is 21.1 Å². The van der Waals surface area contributed by atoms with Crippen molar-refractivity contribution < 1.29 is 27.5 Å². The Balaban J connectivity index is 1.54. The Morgan fingerprint density at radius 3 is 2.53 bits per heavy atom. The van der Waals surface area contributed by atoms with E-state index in [-0.39, 0.29) is 9.90 Å². The number of esters is 1. The van der Waals surface area contributed by atoms with Gasteiger partial charge in [-0.1, -0.05) is 35.4 Å². The van der Waals surface area contributed by atoms with Crippen LogP contribution in [0, 0.1) is 6.92 Å². The zero-order valence-corrected chi connectivity index (χ0v) is 19.2. The molecule has 0 aliphatic carbocycles. The summed E-state index contributed by atoms with van der Waals surface area (Å²) in [5.74, 6) is -0.627. The molecule has 11 heteroatoms. The molecule has 3 aromatic rings. The smallest absolute Gasteiger partial charge is 0.321 e. The lowest BCUT2D eigenvalue weighted by Gasteiger charge is -2.13. The Kier molecular flexibility index (Phi) is 7.86. The topological polar surface area (TPSA) is 111 Å². The van der Waals surface area contributed by atoms with Crippen molar-refractivity contribution in [1.82, 2.24) is 4.72 Å². The quantitative estimate of drug-likeness (QED) is 0.435. The van der Waals surface area contributed by atoms with Gasteiger partial charge in [-0.3, -0.25) is 9.59 Å². The average molecular weight is 495 g/mol. The fraction of sp³-hybridized carbons (Fsp3) is 0.143. The van der Waals surface area contributed by atoms with E-state index in [9.17, 15) is 18.0 Å². The number of carbonyl (C=O) groups excluding carboxylic acids is 2. The number of amides is 1. The number of anilines is 1. The molecule has 0 saturated heterocycles. The summed E-state index contributed by atoms with van der Waals surface area (Å²) in [7, 11) is -3.81. The Hall–Kier alpha value is -2.92. The molecule has 32 heavy (non-hydrogen) atoms. The van der Waals surface area contributed by atoms with Crippen molar-refractivity contribution >= 4 is 50.5 Å². The van der Waals surface area contributed by atoms with Crippen molar-refractivity contribution in [3.63, 3.8) is 0 Å². The molecule has 168 valence electrons. The van der Waals surface area contributed by atoms with E-state index in [1.54, 1.807) is 35.7 Å². The molecular formula is C21H19ClN2O6S2. The lowest BCUT2D eigenvalue weighted by molar-refractivity contribution is -0.146. The molecule has 0 fully saturated rings. The first-order valence-corrected chi connectivity index (χ1v) is 12.0. The molecule has 0 radical (unpaired) electrons. The third-order valence-electron chi connectivity index (χ3n) is 4.00. The van der Waals surface area contributed by atoms with Gasteiger partial charge in [0.2, 0.25) is 0 Å². The molecule has 0 spiro atoms. The molecule has 0 aliphatic rings. The number of thiophene rings is 1. The van der Waals surface area contributed by atoms with Gasteiger partial charge in [-0.15, -0.1) is 11.3 Å². The second kappa shape index (κ2) is 10.6. The van der Waals surface area contributed by atoms with E-state index in [2.05, 4.69) is 10.0 Å². The molecule has 3 rings (SSSR count). The molecular weight excluding hydrogens is 476 g/mol. The summed E-state index contributed by atoms with van der Waals surface area (Å²) in [6, 6.07) is 15.0. The summed E-state index contributed by atoms with van der Waals surface area (Å²) in [5, 5.41) is 4.54. The lowest BCUT2D eigenvalue weighted by Crippen LogP contribution is -2.32. The summed E-state index contributed by atoms with van der Waals surface area (Å²) in [4.78, 5) is 24.1. The average Bonchev–Trinajstić information content (AvgIpc) is 3.30. The minimum absolute atomic E-state index is 0.0742. The van der Waals surface area contributed by atoms with Gasteiger partial charge < -0.3 is 14.8 Å². The first-order chi connectivity index (χ1) is 15.2. The van der Waals surface area contributed by atoms with Crippen LogP contribution in [-0.4, -0.2) is 33.4 Å². The van der Waals surface area contributed by atoms with Gasteiger partial charge in [0.05, 0.1) is 5.69 Å². The first kappa shape index (κ1) is 23.7. The maximum absolute atomic E-state index is 12.2. The van der Waals surface area contributed by atoms with Crippen LogP contribution in [-0.2, 0) is 24.3 Å². The van der Waals surface area contributed by atoms with Crippen molar-refractivity contribution in [3.05, 3.63) is 70.6 Å². The van der Waals surface area contributed by atoms with E-state index < -0.39 is 35.1 Å². The van der Waals surface area contributed by atoms with Crippen LogP contribution in [0.25, 0.3) is 0 Å². The monoisotopic (exact) mass is 494 g/mol. The van der Waals surface area contributed by atoms with Gasteiger partial charge in [-0.25, -0.2) is 8.42 Å². The molecule has 0 unspecified atom stereocenters. The summed E-state index contributed by atoms with van der Waals surface area (Å²) < 4.78 is 36.8. The predicted molar refractivity (Wildman–Crippen MR) is 122 cm³/mol. The number of sulfonamides is 1. The van der Waals surface area contributed by atoms with Crippen molar-refractivity contribution in [2.24, 2.45) is 0 Å². The van der Waals surface area contributed by atoms with Crippen LogP contribution in [0.2, 0.25) is 5.02 Å². The molecule has 0 saturated carbocycles. The van der Waals surface area contributed by atoms with Crippen LogP contribution in [0.15, 0.2) is 64.2 Å². The Labute approximate surface area is 194 Å². The van der Waals surface area contributed by atoms with Crippen LogP contribution in [0.5, 0.6) is 11.5 Å². The second-order valence-electron chi connectivity index (χ2n) is 6.52. The third kappa shape index (κ3) is 6.79. The standard InChI is InChI=1S/C21H19ClN2O6S2/c1-14-4-7-16(8-5-14)30-18-9-6-15(22)11-17(18)24-19(25)13-29-20(26)12-23-32(27,28)21-3-2-10-31-21/h2-11,23H,12-13H2,1H3,(H,24,25). The first-order valence-electron chi connectivity index (χ1n) is 9.26. The molecule has 1 aromatic heterocycles. The molecule has 0 atom stereocenters. The highest BCUT2D eigenvalue weighted by molar-refractivity contribution is 7.91. The predicted octanol–water partition coefficient (Wildman–Crippen LogP) is 3.96. The minimum Gasteiger partial charge on any atom is -0.455 e. The van der Waals surface area contributed by atoms with Gasteiger partial charge in [0.1, 0.15) is 16.5 Å². The van der Waals surface area contributed by atoms with Gasteiger partial charge in [-0.05, 0) is 48.7 Å². The molecule has 1 heterocycles. The van der Waals surface area contributed by atoms with Gasteiger partial charge in [0.15, 0.2) is 12.4 Å². The highest BCUT2D eigenvalue weighted by atomic mass is 35.5. The van der Waals surface area contributed by atoms with Crippen molar-refractivity contribution in [3.8, 4) is 11.5 Å². The molecule has 0 bridgehead atoms. The Morgan fingerprint density at radius 1 is 1.09 bits per heavy atom. The zero-order chi connectivity index (χ0) is 23.1. The normalized spacial score (nSPS) is 11.1. The summed E-state index contributed by atoms with van der Waals surface area (Å²) in [6.07, 6.45) is 0. The van der Waals surface area contributed by atoms with E-state index in [0.717, 1.165) is 16.9 Å². The number of nitrogens with one attached hydrogen (secondary N) is 2. The van der Waals surface area contributed by atoms with Gasteiger partial charge in [-0.2, -0.15) is 4.72 Å². The van der Waals surface area contributed by atoms with E-state index >= 15 is 0 Å². The fourth-order valence-corrected chi connectivity index (χ4v) is 4.63. The maximum Gasteiger partial charge on any atom is 0.321 e. The van der Waals surface area contributed by atoms with Crippen LogP contribution >= 0.6 is 22.9 Å². The number of halogens is 1. The molecule has 2 N–H and O–H groups in total. The van der Waals surface area contributed by atoms with Crippen molar-refractivity contribution in [2.75, 3.05) is 18.5 Å². The van der Waals surface area contributed by atoms with Crippen LogP contribution < -0.4 is 14.8 Å². The van der Waals surface area contributed by atoms with Crippen molar-refractivity contribution in [1.29, 1.82) is 0 Å². The number of carbonyl (C=O) groups is 2. The second-order valence-corrected chi connectivity index (χ2v) is 9.90. The SMILES string of the molecule is Cc1ccc(Oc2ccc(Cl)cc2NC(=O)COC(=O)CNS(=O)(=O)c2cccs2)cc1. The van der Waals surface area contributed by atoms with E-state index in [1.807, 2.05) is 19.1 Å². The van der Waals surface area contributed by atoms with E-state index in [0.29, 0.717) is 16.5 Å². The minimum atomic E-state index is -3.81. The maximum atomic E-state index is 12.2. The van der Waals surface area contributed by atoms with Crippen LogP contribution in [0.3, 0.4) is 0 Å². The number of rotatable bonds is 9. The number of ether oxygens (including phenoxy) is 2. The molecule has 0 aliphatic heterocycles. The third-order valence-corrected chi connectivity index (χ3v) is 7.03. The van der Waals surface area contributed by atoms with Gasteiger partial charge in [0.25, 0.3) is 15.9 Å². The Bertz CT molecular complexity index is 1200. The molecule has 1 amide bonds. The summed E-state index contributed by atoms with van der Waals surface area (Å²) in [5.41, 5.74) is 1.36. The Morgan fingerprint density at radius 2 is 1.84 bits per heavy atom. The lowest BCUT2D eigenvalue weighted by atomic mass is 10.2. The number of aryl methyl sites for hydroxylation is 1. The highest BCUT2D eigenvalue weighted by Crippen LogP contribution is 2.32. The summed E-state index contributed by atoms with van der Waals surface area (Å²) >= 11 is 7.04. The van der Waals surface area contributed by atoms with E-state index in [1.165, 1.54) is 12.1 Å². The zero-order valence-electron chi connectivity index (χ0n) is 16.8. The van der Waals surface area contributed by atoms with Gasteiger partial charge >= 0.3 is 5.97 Å². The largest absolute Gasteiger partial charge is 0.455 e. The van der Waals surface area contributed by atoms with Gasteiger partial charge in [0, 0.05) is 5.02 Å².